The number of piperidine rings is 1. The number of nitrogens with one attached hydrogen (secondary N) is 4. The van der Waals surface area contributed by atoms with Crippen LogP contribution in [0.25, 0.3) is 87.7 Å². The third kappa shape index (κ3) is 17.3. The lowest BCUT2D eigenvalue weighted by molar-refractivity contribution is -0.117. The van der Waals surface area contributed by atoms with Gasteiger partial charge in [0, 0.05) is 143 Å². The van der Waals surface area contributed by atoms with Gasteiger partial charge in [-0.05, 0) is 163 Å². The van der Waals surface area contributed by atoms with E-state index in [-0.39, 0.29) is 22.6 Å². The minimum Gasteiger partial charge on any atom is -0.366 e. The van der Waals surface area contributed by atoms with Crippen molar-refractivity contribution in [2.45, 2.75) is 91.6 Å². The van der Waals surface area contributed by atoms with Gasteiger partial charge < -0.3 is 41.5 Å². The number of likely N-dealkylation sites (tertiary alicyclic amines) is 1. The lowest BCUT2D eigenvalue weighted by Crippen LogP contribution is -2.50. The van der Waals surface area contributed by atoms with Crippen molar-refractivity contribution in [1.29, 1.82) is 0 Å². The average molecular weight is 1450 g/mol. The molecule has 0 atom stereocenters. The number of carbonyl (C=O) groups is 3. The van der Waals surface area contributed by atoms with Crippen molar-refractivity contribution in [1.82, 2.24) is 54.6 Å². The van der Waals surface area contributed by atoms with Gasteiger partial charge in [0.2, 0.25) is 17.7 Å². The van der Waals surface area contributed by atoms with Gasteiger partial charge in [0.25, 0.3) is 16.7 Å². The van der Waals surface area contributed by atoms with Crippen molar-refractivity contribution < 1.29 is 14.4 Å². The summed E-state index contributed by atoms with van der Waals surface area (Å²) in [4.78, 5) is 115. The fourth-order valence-electron chi connectivity index (χ4n) is 15.0. The third-order valence-corrected chi connectivity index (χ3v) is 20.9. The Morgan fingerprint density at radius 1 is 0.481 bits per heavy atom. The standard InChI is InChI=1S/C21H26N4O.C19H20N4O2.C19H24N4O.C14H12N2O.C13H10N2O/c22-21(26)18-9-4-3-8-17(18)19-10-5-11-20(23-19)25-14-12-24(13-15-25)16-6-1-2-7-16;24-17(12-23-10-4-1-5-11-23)21-16-9-8-15-18(22-16)13-6-2-3-7-14(13)19(25)20-15;1-14(2)22-10-12-23(13-11-22)18-9-5-8-17(21-18)15-6-3-4-7-16(15)19(20)24;1-8-9(2)15-7-12-10-5-3-4-6-11(10)14(17)16-13(8)12;1-8-6-12-11(7-14-8)9-4-2-3-5-10(9)13(16)15-12/h3-5,8-11,16H,1-2,6-7,12-15H2,(H2,22,26);2-3,6-9H,1,4-5,10-12H2,(H,20,25)(H,21,22,24);3-9,14H,10-13H2,1-2H3,(H2,20,24);3-7H,1-2H3,(H,16,17);2-7H,1H3,(H,15,16). The predicted octanol–water partition coefficient (Wildman–Crippen LogP) is 12.9. The molecule has 552 valence electrons. The van der Waals surface area contributed by atoms with Crippen molar-refractivity contribution >= 4 is 100 Å². The molecule has 0 spiro atoms. The molecule has 3 amide bonds. The second-order valence-electron chi connectivity index (χ2n) is 28.3. The summed E-state index contributed by atoms with van der Waals surface area (Å²) in [7, 11) is 0. The number of fused-ring (bicyclic) bond motifs is 9. The minimum atomic E-state index is -0.427. The number of H-pyrrole nitrogens is 3. The molecular weight excluding hydrogens is 1350 g/mol. The fraction of sp³-hybridized carbons (Fsp3) is 0.291. The lowest BCUT2D eigenvalue weighted by atomic mass is 10.0. The van der Waals surface area contributed by atoms with E-state index in [1.54, 1.807) is 30.3 Å². The second-order valence-corrected chi connectivity index (χ2v) is 28.3. The number of piperazine rings is 2. The van der Waals surface area contributed by atoms with Crippen molar-refractivity contribution in [3.63, 3.8) is 0 Å². The minimum absolute atomic E-state index is 0.0400. The Kier molecular flexibility index (Phi) is 23.5. The summed E-state index contributed by atoms with van der Waals surface area (Å²) in [6, 6.07) is 56.0. The summed E-state index contributed by atoms with van der Waals surface area (Å²) >= 11 is 0. The van der Waals surface area contributed by atoms with Gasteiger partial charge in [-0.15, -0.1) is 0 Å². The lowest BCUT2D eigenvalue weighted by Gasteiger charge is -2.38. The first kappa shape index (κ1) is 74.4. The van der Waals surface area contributed by atoms with Gasteiger partial charge in [-0.1, -0.05) is 122 Å². The van der Waals surface area contributed by atoms with Crippen LogP contribution in [0.1, 0.15) is 96.5 Å². The molecule has 108 heavy (non-hydrogen) atoms. The zero-order chi connectivity index (χ0) is 75.4. The van der Waals surface area contributed by atoms with Crippen molar-refractivity contribution in [3.05, 3.63) is 247 Å². The number of benzene rings is 5. The monoisotopic (exact) mass is 1440 g/mol. The van der Waals surface area contributed by atoms with Gasteiger partial charge in [-0.3, -0.25) is 53.4 Å². The molecular formula is C86H92N16O6. The number of rotatable bonds is 11. The molecule has 0 bridgehead atoms. The summed E-state index contributed by atoms with van der Waals surface area (Å²) < 4.78 is 0. The predicted molar refractivity (Wildman–Crippen MR) is 434 cm³/mol. The molecule has 1 aliphatic carbocycles. The summed E-state index contributed by atoms with van der Waals surface area (Å²) in [6.45, 7) is 20.9. The molecule has 0 radical (unpaired) electrons. The average Bonchev–Trinajstić information content (AvgIpc) is 0.797. The first-order valence-corrected chi connectivity index (χ1v) is 37.3. The van der Waals surface area contributed by atoms with Crippen LogP contribution < -0.4 is 43.3 Å². The molecule has 4 fully saturated rings. The van der Waals surface area contributed by atoms with E-state index in [2.05, 4.69) is 79.6 Å². The molecule has 22 heteroatoms. The normalized spacial score (nSPS) is 15.1. The van der Waals surface area contributed by atoms with E-state index in [9.17, 15) is 28.8 Å². The highest BCUT2D eigenvalue weighted by Crippen LogP contribution is 2.31. The molecule has 17 rings (SSSR count). The number of nitrogens with two attached hydrogens (primary N) is 2. The van der Waals surface area contributed by atoms with Gasteiger partial charge in [0.05, 0.1) is 40.0 Å². The Morgan fingerprint density at radius 2 is 0.972 bits per heavy atom. The molecule has 13 aromatic rings. The Bertz CT molecular complexity index is 5610. The number of hydrogen-bond donors (Lipinski definition) is 6. The quantitative estimate of drug-likeness (QED) is 0.0656. The van der Waals surface area contributed by atoms with E-state index in [1.807, 2.05) is 173 Å². The highest BCUT2D eigenvalue weighted by atomic mass is 16.2. The van der Waals surface area contributed by atoms with E-state index in [0.717, 1.165) is 173 Å². The van der Waals surface area contributed by atoms with Crippen molar-refractivity contribution in [2.75, 3.05) is 87.1 Å². The zero-order valence-electron chi connectivity index (χ0n) is 61.9. The summed E-state index contributed by atoms with van der Waals surface area (Å²) in [5, 5.41) is 9.58. The summed E-state index contributed by atoms with van der Waals surface area (Å²) in [5.74, 6) is 1.54. The van der Waals surface area contributed by atoms with Gasteiger partial charge in [-0.2, -0.15) is 0 Å². The molecule has 3 saturated heterocycles. The van der Waals surface area contributed by atoms with Gasteiger partial charge in [0.1, 0.15) is 17.5 Å². The highest BCUT2D eigenvalue weighted by Gasteiger charge is 2.28. The summed E-state index contributed by atoms with van der Waals surface area (Å²) in [5.41, 5.74) is 21.0. The number of carbonyl (C=O) groups excluding carboxylic acids is 3. The van der Waals surface area contributed by atoms with Crippen LogP contribution in [0.2, 0.25) is 0 Å². The molecule has 11 heterocycles. The van der Waals surface area contributed by atoms with E-state index in [1.165, 1.54) is 32.1 Å². The van der Waals surface area contributed by atoms with Crippen LogP contribution in [-0.4, -0.2) is 156 Å². The Balaban J connectivity index is 0.000000120. The Labute approximate surface area is 626 Å². The number of anilines is 3. The van der Waals surface area contributed by atoms with Gasteiger partial charge in [-0.25, -0.2) is 15.0 Å². The Morgan fingerprint density at radius 3 is 1.54 bits per heavy atom. The first-order chi connectivity index (χ1) is 52.4. The fourth-order valence-corrected chi connectivity index (χ4v) is 15.0. The van der Waals surface area contributed by atoms with Crippen LogP contribution in [0.5, 0.6) is 0 Å². The van der Waals surface area contributed by atoms with Crippen LogP contribution in [-0.2, 0) is 4.79 Å². The molecule has 3 aliphatic heterocycles. The van der Waals surface area contributed by atoms with E-state index >= 15 is 0 Å². The maximum Gasteiger partial charge on any atom is 0.256 e. The molecule has 5 aromatic carbocycles. The Hall–Kier alpha value is -11.9. The number of primary amides is 2. The summed E-state index contributed by atoms with van der Waals surface area (Å²) in [6.07, 6.45) is 12.7. The third-order valence-electron chi connectivity index (χ3n) is 20.9. The number of amides is 3. The molecule has 4 aliphatic rings. The molecule has 8 aromatic heterocycles. The largest absolute Gasteiger partial charge is 0.366 e. The zero-order valence-corrected chi connectivity index (χ0v) is 61.9. The van der Waals surface area contributed by atoms with Crippen molar-refractivity contribution in [2.24, 2.45) is 11.5 Å². The molecule has 1 saturated carbocycles. The maximum atomic E-state index is 12.3. The molecule has 8 N–H and O–H groups in total. The van der Waals surface area contributed by atoms with Gasteiger partial charge in [0.15, 0.2) is 0 Å². The number of hydrogen-bond acceptors (Lipinski definition) is 16. The number of nitrogens with zero attached hydrogens (tertiary/aromatic N) is 10. The number of aromatic amines is 3. The number of aromatic nitrogens is 8. The molecule has 22 nitrogen and oxygen atoms in total. The van der Waals surface area contributed by atoms with E-state index < -0.39 is 11.8 Å². The molecule has 0 unspecified atom stereocenters. The van der Waals surface area contributed by atoms with Crippen LogP contribution in [0.3, 0.4) is 0 Å². The number of aryl methyl sites for hydroxylation is 3. The van der Waals surface area contributed by atoms with Crippen molar-refractivity contribution in [3.8, 4) is 22.5 Å². The highest BCUT2D eigenvalue weighted by molar-refractivity contribution is 6.07. The maximum absolute atomic E-state index is 12.3. The topological polar surface area (TPSA) is 295 Å². The number of pyridine rings is 8. The smallest absolute Gasteiger partial charge is 0.256 e. The van der Waals surface area contributed by atoms with Gasteiger partial charge >= 0.3 is 0 Å². The van der Waals surface area contributed by atoms with E-state index in [4.69, 9.17) is 21.4 Å². The second kappa shape index (κ2) is 34.2. The van der Waals surface area contributed by atoms with Crippen LogP contribution in [0.15, 0.2) is 203 Å². The SMILES string of the molecule is CC(C)N1CCN(c2cccc(-c3ccccc3C(N)=O)n2)CC1.Cc1cc2[nH]c(=O)c3ccccc3c2cn1.Cc1ncc2c([nH]c(=O)c3ccccc32)c1C.NC(=O)c1ccccc1-c1cccc(N2CCN(C3CCCC3)CC2)n1.O=C(CN1CCCCC1)Nc1ccc2[nH]c(=O)c3ccccc3c2n1. The van der Waals surface area contributed by atoms with Crippen LogP contribution in [0, 0.1) is 20.8 Å². The van der Waals surface area contributed by atoms with Crippen LogP contribution in [0.4, 0.5) is 17.5 Å². The van der Waals surface area contributed by atoms with Crippen LogP contribution >= 0.6 is 0 Å². The van der Waals surface area contributed by atoms with E-state index in [0.29, 0.717) is 56.7 Å². The first-order valence-electron chi connectivity index (χ1n) is 37.3.